The molecule has 0 fully saturated rings. The summed E-state index contributed by atoms with van der Waals surface area (Å²) in [6.07, 6.45) is 0. The number of hydrogen-bond donors (Lipinski definition) is 1. The van der Waals surface area contributed by atoms with Gasteiger partial charge in [0.2, 0.25) is 5.91 Å². The molecule has 1 aromatic rings. The van der Waals surface area contributed by atoms with Crippen molar-refractivity contribution in [3.63, 3.8) is 0 Å². The van der Waals surface area contributed by atoms with Crippen LogP contribution in [0.1, 0.15) is 26.5 Å². The molecule has 0 aliphatic rings. The number of rotatable bonds is 3. The number of nitrogens with zero attached hydrogens (tertiary/aromatic N) is 1. The van der Waals surface area contributed by atoms with Crippen molar-refractivity contribution < 1.29 is 9.53 Å². The number of halogens is 1. The highest BCUT2D eigenvalue weighted by Gasteiger charge is 2.13. The largest absolute Gasteiger partial charge is 0.366 e. The number of anilines is 1. The monoisotopic (exact) mass is 256 g/mol. The van der Waals surface area contributed by atoms with Gasteiger partial charge in [0.05, 0.1) is 17.0 Å². The first kappa shape index (κ1) is 13.9. The second kappa shape index (κ2) is 5.47. The Morgan fingerprint density at radius 1 is 1.47 bits per heavy atom. The zero-order valence-electron chi connectivity index (χ0n) is 10.5. The Bertz CT molecular complexity index is 413. The topological polar surface area (TPSA) is 51.2 Å². The van der Waals surface area contributed by atoms with Crippen molar-refractivity contribution in [2.24, 2.45) is 0 Å². The van der Waals surface area contributed by atoms with E-state index >= 15 is 0 Å². The van der Waals surface area contributed by atoms with Crippen molar-refractivity contribution in [3.05, 3.63) is 23.0 Å². The van der Waals surface area contributed by atoms with Gasteiger partial charge in [0.1, 0.15) is 11.8 Å². The van der Waals surface area contributed by atoms with E-state index in [2.05, 4.69) is 10.3 Å². The van der Waals surface area contributed by atoms with Gasteiger partial charge in [0.15, 0.2) is 0 Å². The number of pyridine rings is 1. The van der Waals surface area contributed by atoms with Gasteiger partial charge in [-0.15, -0.1) is 0 Å². The SMILES string of the molecule is Cc1nc(Cl)ccc1NC(=O)COC(C)(C)C. The summed E-state index contributed by atoms with van der Waals surface area (Å²) in [7, 11) is 0. The van der Waals surface area contributed by atoms with Crippen LogP contribution in [0.5, 0.6) is 0 Å². The molecule has 1 rings (SSSR count). The minimum atomic E-state index is -0.329. The zero-order valence-corrected chi connectivity index (χ0v) is 11.3. The van der Waals surface area contributed by atoms with Crippen molar-refractivity contribution >= 4 is 23.2 Å². The Balaban J connectivity index is 2.57. The maximum Gasteiger partial charge on any atom is 0.250 e. The van der Waals surface area contributed by atoms with Crippen molar-refractivity contribution in [3.8, 4) is 0 Å². The summed E-state index contributed by atoms with van der Waals surface area (Å²) in [4.78, 5) is 15.6. The van der Waals surface area contributed by atoms with E-state index in [1.807, 2.05) is 20.8 Å². The number of amides is 1. The smallest absolute Gasteiger partial charge is 0.250 e. The molecule has 0 unspecified atom stereocenters. The van der Waals surface area contributed by atoms with E-state index in [0.717, 1.165) is 0 Å². The van der Waals surface area contributed by atoms with Gasteiger partial charge < -0.3 is 10.1 Å². The molecule has 0 saturated carbocycles. The molecule has 1 N–H and O–H groups in total. The van der Waals surface area contributed by atoms with E-state index in [-0.39, 0.29) is 18.1 Å². The van der Waals surface area contributed by atoms with Gasteiger partial charge in [-0.25, -0.2) is 4.98 Å². The number of aromatic nitrogens is 1. The van der Waals surface area contributed by atoms with Crippen LogP contribution in [-0.2, 0) is 9.53 Å². The van der Waals surface area contributed by atoms with Crippen LogP contribution in [0.4, 0.5) is 5.69 Å². The predicted molar refractivity (Wildman–Crippen MR) is 68.3 cm³/mol. The third kappa shape index (κ3) is 5.15. The predicted octanol–water partition coefficient (Wildman–Crippen LogP) is 2.80. The van der Waals surface area contributed by atoms with Crippen LogP contribution in [0.25, 0.3) is 0 Å². The zero-order chi connectivity index (χ0) is 13.1. The molecule has 1 aromatic heterocycles. The molecule has 0 aliphatic carbocycles. The maximum atomic E-state index is 11.6. The second-order valence-corrected chi connectivity index (χ2v) is 5.10. The first-order valence-electron chi connectivity index (χ1n) is 5.35. The second-order valence-electron chi connectivity index (χ2n) is 4.72. The standard InChI is InChI=1S/C12H17ClN2O2/c1-8-9(5-6-10(13)14-8)15-11(16)7-17-12(2,3)4/h5-6H,7H2,1-4H3,(H,15,16). The molecule has 0 atom stereocenters. The Morgan fingerprint density at radius 3 is 2.65 bits per heavy atom. The normalized spacial score (nSPS) is 11.4. The molecule has 17 heavy (non-hydrogen) atoms. The molecule has 5 heteroatoms. The summed E-state index contributed by atoms with van der Waals surface area (Å²) in [6.45, 7) is 7.50. The van der Waals surface area contributed by atoms with Crippen LogP contribution in [0.2, 0.25) is 5.15 Å². The Kier molecular flexibility index (Phi) is 4.48. The summed E-state index contributed by atoms with van der Waals surface area (Å²) in [5, 5.41) is 3.13. The fourth-order valence-corrected chi connectivity index (χ4v) is 1.32. The average Bonchev–Trinajstić information content (AvgIpc) is 2.18. The molecule has 94 valence electrons. The first-order chi connectivity index (χ1) is 7.78. The number of aryl methyl sites for hydroxylation is 1. The van der Waals surface area contributed by atoms with E-state index in [9.17, 15) is 4.79 Å². The number of nitrogens with one attached hydrogen (secondary N) is 1. The molecule has 0 radical (unpaired) electrons. The van der Waals surface area contributed by atoms with Crippen molar-refractivity contribution in [2.45, 2.75) is 33.3 Å². The lowest BCUT2D eigenvalue weighted by atomic mass is 10.2. The molecule has 1 heterocycles. The first-order valence-corrected chi connectivity index (χ1v) is 5.73. The van der Waals surface area contributed by atoms with E-state index in [0.29, 0.717) is 16.5 Å². The van der Waals surface area contributed by atoms with Gasteiger partial charge in [0.25, 0.3) is 0 Å². The van der Waals surface area contributed by atoms with Gasteiger partial charge in [-0.2, -0.15) is 0 Å². The van der Waals surface area contributed by atoms with E-state index in [1.54, 1.807) is 19.1 Å². The van der Waals surface area contributed by atoms with Gasteiger partial charge in [-0.1, -0.05) is 11.6 Å². The summed E-state index contributed by atoms with van der Waals surface area (Å²) in [6, 6.07) is 3.36. The Morgan fingerprint density at radius 2 is 2.12 bits per heavy atom. The summed E-state index contributed by atoms with van der Waals surface area (Å²) < 4.78 is 5.37. The number of carbonyl (C=O) groups excluding carboxylic acids is 1. The van der Waals surface area contributed by atoms with Crippen LogP contribution in [-0.4, -0.2) is 23.1 Å². The van der Waals surface area contributed by atoms with Crippen molar-refractivity contribution in [1.82, 2.24) is 4.98 Å². The van der Waals surface area contributed by atoms with E-state index < -0.39 is 0 Å². The fraction of sp³-hybridized carbons (Fsp3) is 0.500. The van der Waals surface area contributed by atoms with Crippen LogP contribution in [0.15, 0.2) is 12.1 Å². The highest BCUT2D eigenvalue weighted by Crippen LogP contribution is 2.15. The van der Waals surface area contributed by atoms with Crippen LogP contribution in [0, 0.1) is 6.92 Å². The minimum Gasteiger partial charge on any atom is -0.366 e. The molecule has 4 nitrogen and oxygen atoms in total. The molecular weight excluding hydrogens is 240 g/mol. The van der Waals surface area contributed by atoms with Crippen LogP contribution >= 0.6 is 11.6 Å². The molecule has 0 aliphatic heterocycles. The third-order valence-electron chi connectivity index (χ3n) is 1.96. The van der Waals surface area contributed by atoms with Gasteiger partial charge in [-0.05, 0) is 39.8 Å². The van der Waals surface area contributed by atoms with Gasteiger partial charge in [0, 0.05) is 0 Å². The van der Waals surface area contributed by atoms with Gasteiger partial charge in [-0.3, -0.25) is 4.79 Å². The lowest BCUT2D eigenvalue weighted by Crippen LogP contribution is -2.27. The Labute approximate surface area is 106 Å². The molecule has 0 spiro atoms. The molecule has 0 saturated heterocycles. The lowest BCUT2D eigenvalue weighted by molar-refractivity contribution is -0.125. The third-order valence-corrected chi connectivity index (χ3v) is 2.17. The quantitative estimate of drug-likeness (QED) is 0.846. The number of ether oxygens (including phenoxy) is 1. The van der Waals surface area contributed by atoms with Crippen molar-refractivity contribution in [2.75, 3.05) is 11.9 Å². The van der Waals surface area contributed by atoms with Crippen molar-refractivity contribution in [1.29, 1.82) is 0 Å². The van der Waals surface area contributed by atoms with E-state index in [1.165, 1.54) is 0 Å². The summed E-state index contributed by atoms with van der Waals surface area (Å²) in [5.74, 6) is -0.202. The maximum absolute atomic E-state index is 11.6. The van der Waals surface area contributed by atoms with Crippen LogP contribution in [0.3, 0.4) is 0 Å². The minimum absolute atomic E-state index is 0.0194. The summed E-state index contributed by atoms with van der Waals surface area (Å²) >= 11 is 5.73. The van der Waals surface area contributed by atoms with Crippen LogP contribution < -0.4 is 5.32 Å². The van der Waals surface area contributed by atoms with Gasteiger partial charge >= 0.3 is 0 Å². The highest BCUT2D eigenvalue weighted by molar-refractivity contribution is 6.29. The molecule has 0 bridgehead atoms. The Hall–Kier alpha value is -1.13. The average molecular weight is 257 g/mol. The molecule has 0 aromatic carbocycles. The van der Waals surface area contributed by atoms with E-state index in [4.69, 9.17) is 16.3 Å². The molecular formula is C12H17ClN2O2. The lowest BCUT2D eigenvalue weighted by Gasteiger charge is -2.19. The number of hydrogen-bond acceptors (Lipinski definition) is 3. The fourth-order valence-electron chi connectivity index (χ4n) is 1.13. The molecule has 1 amide bonds. The summed E-state index contributed by atoms with van der Waals surface area (Å²) in [5.41, 5.74) is 1.00. The highest BCUT2D eigenvalue weighted by atomic mass is 35.5. The number of carbonyl (C=O) groups is 1.